The molecule has 124 valence electrons. The van der Waals surface area contributed by atoms with E-state index in [1.54, 1.807) is 31.2 Å². The van der Waals surface area contributed by atoms with E-state index in [0.717, 1.165) is 10.1 Å². The van der Waals surface area contributed by atoms with Crippen LogP contribution in [-0.4, -0.2) is 15.5 Å². The third-order valence-electron chi connectivity index (χ3n) is 4.32. The second-order valence-electron chi connectivity index (χ2n) is 5.94. The molecule has 0 saturated heterocycles. The smallest absolute Gasteiger partial charge is 0.271 e. The van der Waals surface area contributed by atoms with Crippen LogP contribution >= 0.6 is 0 Å². The molecule has 1 aromatic carbocycles. The molecule has 0 radical (unpaired) electrons. The number of hydrogen-bond acceptors (Lipinski definition) is 4. The molecule has 1 aromatic heterocycles. The van der Waals surface area contributed by atoms with Gasteiger partial charge in [0.15, 0.2) is 5.78 Å². The fourth-order valence-electron chi connectivity index (χ4n) is 2.63. The number of aryl methyl sites for hydroxylation is 1. The Balaban J connectivity index is 2.78. The SMILES string of the molecule is CCC(C)n1c(O)c(C(=O)c2ccc(C)cc2)c(C)c(C#N)c1=O. The Labute approximate surface area is 140 Å². The molecule has 2 aromatic rings. The maximum atomic E-state index is 12.9. The highest BCUT2D eigenvalue weighted by atomic mass is 16.3. The first-order chi connectivity index (χ1) is 11.3. The molecule has 2 rings (SSSR count). The van der Waals surface area contributed by atoms with E-state index < -0.39 is 11.3 Å². The lowest BCUT2D eigenvalue weighted by atomic mass is 9.96. The lowest BCUT2D eigenvalue weighted by Crippen LogP contribution is -2.28. The van der Waals surface area contributed by atoms with Gasteiger partial charge >= 0.3 is 0 Å². The quantitative estimate of drug-likeness (QED) is 0.875. The van der Waals surface area contributed by atoms with Crippen LogP contribution in [0.25, 0.3) is 0 Å². The van der Waals surface area contributed by atoms with E-state index in [1.807, 2.05) is 19.9 Å². The normalized spacial score (nSPS) is 11.8. The number of aromatic hydroxyl groups is 1. The van der Waals surface area contributed by atoms with Crippen LogP contribution in [-0.2, 0) is 0 Å². The van der Waals surface area contributed by atoms with Crippen LogP contribution in [0.2, 0.25) is 0 Å². The first-order valence-corrected chi connectivity index (χ1v) is 7.82. The van der Waals surface area contributed by atoms with Crippen molar-refractivity contribution in [3.63, 3.8) is 0 Å². The second kappa shape index (κ2) is 6.71. The summed E-state index contributed by atoms with van der Waals surface area (Å²) >= 11 is 0. The Bertz CT molecular complexity index is 887. The zero-order valence-corrected chi connectivity index (χ0v) is 14.3. The van der Waals surface area contributed by atoms with Crippen molar-refractivity contribution in [1.29, 1.82) is 5.26 Å². The highest BCUT2D eigenvalue weighted by molar-refractivity contribution is 6.11. The number of rotatable bonds is 4. The average Bonchev–Trinajstić information content (AvgIpc) is 2.55. The van der Waals surface area contributed by atoms with Crippen molar-refractivity contribution in [2.24, 2.45) is 0 Å². The third kappa shape index (κ3) is 2.83. The van der Waals surface area contributed by atoms with Crippen LogP contribution in [0.3, 0.4) is 0 Å². The highest BCUT2D eigenvalue weighted by Gasteiger charge is 2.26. The number of ketones is 1. The molecule has 24 heavy (non-hydrogen) atoms. The van der Waals surface area contributed by atoms with Crippen LogP contribution in [0.1, 0.15) is 58.9 Å². The number of benzene rings is 1. The average molecular weight is 324 g/mol. The van der Waals surface area contributed by atoms with E-state index in [2.05, 4.69) is 0 Å². The fourth-order valence-corrected chi connectivity index (χ4v) is 2.63. The molecule has 1 unspecified atom stereocenters. The van der Waals surface area contributed by atoms with Crippen LogP contribution in [0.5, 0.6) is 5.88 Å². The van der Waals surface area contributed by atoms with Crippen molar-refractivity contribution < 1.29 is 9.90 Å². The molecular formula is C19H20N2O3. The van der Waals surface area contributed by atoms with Gasteiger partial charge in [-0.25, -0.2) is 0 Å². The van der Waals surface area contributed by atoms with Crippen molar-refractivity contribution in [2.45, 2.75) is 40.2 Å². The molecule has 5 nitrogen and oxygen atoms in total. The number of nitrogens with zero attached hydrogens (tertiary/aromatic N) is 2. The third-order valence-corrected chi connectivity index (χ3v) is 4.32. The van der Waals surface area contributed by atoms with Crippen molar-refractivity contribution in [1.82, 2.24) is 4.57 Å². The number of carbonyl (C=O) groups excluding carboxylic acids is 1. The molecule has 0 aliphatic heterocycles. The summed E-state index contributed by atoms with van der Waals surface area (Å²) in [7, 11) is 0. The molecule has 0 saturated carbocycles. The summed E-state index contributed by atoms with van der Waals surface area (Å²) in [5, 5.41) is 19.9. The number of pyridine rings is 1. The first-order valence-electron chi connectivity index (χ1n) is 7.82. The van der Waals surface area contributed by atoms with Crippen molar-refractivity contribution >= 4 is 5.78 Å². The van der Waals surface area contributed by atoms with Crippen LogP contribution < -0.4 is 5.56 Å². The van der Waals surface area contributed by atoms with Gasteiger partial charge in [0.2, 0.25) is 5.88 Å². The minimum Gasteiger partial charge on any atom is -0.494 e. The van der Waals surface area contributed by atoms with Crippen LogP contribution in [0.4, 0.5) is 0 Å². The van der Waals surface area contributed by atoms with Crippen LogP contribution in [0, 0.1) is 25.2 Å². The van der Waals surface area contributed by atoms with Gasteiger partial charge in [0.1, 0.15) is 11.6 Å². The Morgan fingerprint density at radius 2 is 1.88 bits per heavy atom. The molecule has 0 aliphatic rings. The van der Waals surface area contributed by atoms with Crippen molar-refractivity contribution in [3.8, 4) is 11.9 Å². The standard InChI is InChI=1S/C19H20N2O3/c1-5-12(3)21-18(23)15(10-20)13(4)16(19(21)24)17(22)14-8-6-11(2)7-9-14/h6-9,12,24H,5H2,1-4H3. The van der Waals surface area contributed by atoms with Gasteiger partial charge in [-0.05, 0) is 32.8 Å². The molecule has 0 fully saturated rings. The number of aromatic nitrogens is 1. The topological polar surface area (TPSA) is 83.1 Å². The van der Waals surface area contributed by atoms with Crippen molar-refractivity contribution in [3.05, 3.63) is 62.4 Å². The Morgan fingerprint density at radius 1 is 1.29 bits per heavy atom. The summed E-state index contributed by atoms with van der Waals surface area (Å²) in [5.74, 6) is -0.782. The summed E-state index contributed by atoms with van der Waals surface area (Å²) in [6.07, 6.45) is 0.583. The molecule has 0 aliphatic carbocycles. The lowest BCUT2D eigenvalue weighted by molar-refractivity contribution is 0.103. The minimum absolute atomic E-state index is 0.00954. The van der Waals surface area contributed by atoms with Gasteiger partial charge in [-0.2, -0.15) is 5.26 Å². The Hall–Kier alpha value is -2.87. The molecule has 5 heteroatoms. The molecule has 0 amide bonds. The summed E-state index contributed by atoms with van der Waals surface area (Å²) in [4.78, 5) is 25.3. The summed E-state index contributed by atoms with van der Waals surface area (Å²) < 4.78 is 1.13. The molecule has 1 heterocycles. The van der Waals surface area contributed by atoms with E-state index in [9.17, 15) is 20.0 Å². The molecule has 0 spiro atoms. The van der Waals surface area contributed by atoms with E-state index in [0.29, 0.717) is 12.0 Å². The molecule has 0 bridgehead atoms. The van der Waals surface area contributed by atoms with E-state index in [1.165, 1.54) is 6.92 Å². The molecule has 1 atom stereocenters. The van der Waals surface area contributed by atoms with Gasteiger partial charge in [-0.1, -0.05) is 36.8 Å². The number of nitriles is 1. The van der Waals surface area contributed by atoms with E-state index >= 15 is 0 Å². The summed E-state index contributed by atoms with van der Waals surface area (Å²) in [5.41, 5.74) is 0.957. The number of hydrogen-bond donors (Lipinski definition) is 1. The first kappa shape index (κ1) is 17.5. The van der Waals surface area contributed by atoms with Crippen molar-refractivity contribution in [2.75, 3.05) is 0 Å². The number of carbonyl (C=O) groups is 1. The van der Waals surface area contributed by atoms with Gasteiger partial charge in [-0.15, -0.1) is 0 Å². The zero-order chi connectivity index (χ0) is 18.0. The predicted molar refractivity (Wildman–Crippen MR) is 91.4 cm³/mol. The predicted octanol–water partition coefficient (Wildman–Crippen LogP) is 3.24. The second-order valence-corrected chi connectivity index (χ2v) is 5.94. The van der Waals surface area contributed by atoms with Gasteiger partial charge in [0.05, 0.1) is 5.56 Å². The zero-order valence-electron chi connectivity index (χ0n) is 14.3. The van der Waals surface area contributed by atoms with Gasteiger partial charge in [0, 0.05) is 11.6 Å². The van der Waals surface area contributed by atoms with E-state index in [4.69, 9.17) is 0 Å². The largest absolute Gasteiger partial charge is 0.494 e. The monoisotopic (exact) mass is 324 g/mol. The van der Waals surface area contributed by atoms with Crippen LogP contribution in [0.15, 0.2) is 29.1 Å². The summed E-state index contributed by atoms with van der Waals surface area (Å²) in [6.45, 7) is 7.05. The minimum atomic E-state index is -0.567. The van der Waals surface area contributed by atoms with Gasteiger partial charge in [0.25, 0.3) is 5.56 Å². The molecular weight excluding hydrogens is 304 g/mol. The Kier molecular flexibility index (Phi) is 4.89. The molecule has 1 N–H and O–H groups in total. The van der Waals surface area contributed by atoms with E-state index in [-0.39, 0.29) is 28.6 Å². The Morgan fingerprint density at radius 3 is 2.38 bits per heavy atom. The fraction of sp³-hybridized carbons (Fsp3) is 0.316. The summed E-state index contributed by atoms with van der Waals surface area (Å²) in [6, 6.07) is 8.48. The highest BCUT2D eigenvalue weighted by Crippen LogP contribution is 2.28. The maximum absolute atomic E-state index is 12.9. The maximum Gasteiger partial charge on any atom is 0.271 e. The lowest BCUT2D eigenvalue weighted by Gasteiger charge is -2.19. The van der Waals surface area contributed by atoms with Gasteiger partial charge < -0.3 is 5.11 Å². The van der Waals surface area contributed by atoms with Gasteiger partial charge in [-0.3, -0.25) is 14.2 Å².